The van der Waals surface area contributed by atoms with Crippen LogP contribution in [-0.4, -0.2) is 28.3 Å². The first-order valence-electron chi connectivity index (χ1n) is 13.6. The zero-order chi connectivity index (χ0) is 30.7. The minimum atomic E-state index is -4.86. The molecule has 43 heavy (non-hydrogen) atoms. The number of carboxylic acids is 1. The molecule has 8 nitrogen and oxygen atoms in total. The molecule has 0 bridgehead atoms. The maximum absolute atomic E-state index is 13.1. The Labute approximate surface area is 245 Å². The van der Waals surface area contributed by atoms with E-state index in [0.29, 0.717) is 28.3 Å². The van der Waals surface area contributed by atoms with E-state index in [9.17, 15) is 23.1 Å². The minimum Gasteiger partial charge on any atom is -0.488 e. The van der Waals surface area contributed by atoms with Crippen molar-refractivity contribution < 1.29 is 41.9 Å². The van der Waals surface area contributed by atoms with Gasteiger partial charge in [0.2, 0.25) is 0 Å². The third kappa shape index (κ3) is 7.35. The number of carbonyl (C=O) groups is 1. The maximum atomic E-state index is 13.1. The molecule has 1 fully saturated rings. The molecule has 0 unspecified atom stereocenters. The number of aryl methyl sites for hydroxylation is 2. The quantitative estimate of drug-likeness (QED) is 0.139. The summed E-state index contributed by atoms with van der Waals surface area (Å²) in [6, 6.07) is 16.3. The molecule has 4 aromatic rings. The average Bonchev–Trinajstić information content (AvgIpc) is 3.70. The molecule has 0 spiro atoms. The van der Waals surface area contributed by atoms with E-state index in [4.69, 9.17) is 14.1 Å². The van der Waals surface area contributed by atoms with E-state index < -0.39 is 12.3 Å². The first-order valence-corrected chi connectivity index (χ1v) is 13.6. The number of hydrogen-bond acceptors (Lipinski definition) is 7. The lowest BCUT2D eigenvalue weighted by atomic mass is 10.0. The summed E-state index contributed by atoms with van der Waals surface area (Å²) in [5.41, 5.74) is 4.90. The van der Waals surface area contributed by atoms with Crippen LogP contribution in [0.2, 0.25) is 0 Å². The number of benzene rings is 3. The number of nitrogens with zero attached hydrogens (tertiary/aromatic N) is 2. The molecule has 11 heteroatoms. The van der Waals surface area contributed by atoms with E-state index >= 15 is 0 Å². The summed E-state index contributed by atoms with van der Waals surface area (Å²) in [6.45, 7) is 5.63. The maximum Gasteiger partial charge on any atom is 0.573 e. The molecule has 1 aromatic heterocycles. The number of aromatic nitrogens is 1. The third-order valence-electron chi connectivity index (χ3n) is 6.92. The van der Waals surface area contributed by atoms with Crippen LogP contribution < -0.4 is 9.47 Å². The lowest BCUT2D eigenvalue weighted by molar-refractivity contribution is -0.274. The number of hydrogen-bond donors (Lipinski definition) is 1. The SMILES string of the molecule is C/C(=N\OCc1cc(C)cc(C(=O)O)c1)c1ccc(OCc2c(-c3ccccc3OC(F)(F)F)noc2C2CC2)c(C)c1. The van der Waals surface area contributed by atoms with Crippen molar-refractivity contribution in [3.63, 3.8) is 0 Å². The second-order valence-corrected chi connectivity index (χ2v) is 10.4. The number of ether oxygens (including phenoxy) is 2. The van der Waals surface area contributed by atoms with Gasteiger partial charge in [-0.3, -0.25) is 0 Å². The van der Waals surface area contributed by atoms with E-state index in [-0.39, 0.29) is 41.7 Å². The van der Waals surface area contributed by atoms with Crippen molar-refractivity contribution in [2.75, 3.05) is 0 Å². The minimum absolute atomic E-state index is 0.0379. The van der Waals surface area contributed by atoms with Crippen LogP contribution in [0.1, 0.15) is 69.6 Å². The van der Waals surface area contributed by atoms with Crippen molar-refractivity contribution in [2.24, 2.45) is 5.16 Å². The van der Waals surface area contributed by atoms with Crippen LogP contribution in [0.5, 0.6) is 11.5 Å². The second-order valence-electron chi connectivity index (χ2n) is 10.4. The van der Waals surface area contributed by atoms with Crippen LogP contribution in [0.4, 0.5) is 13.2 Å². The Hall–Kier alpha value is -4.80. The molecule has 1 N–H and O–H groups in total. The molecule has 0 radical (unpaired) electrons. The first kappa shape index (κ1) is 29.7. The monoisotopic (exact) mass is 594 g/mol. The van der Waals surface area contributed by atoms with Crippen molar-refractivity contribution in [3.8, 4) is 22.8 Å². The highest BCUT2D eigenvalue weighted by Crippen LogP contribution is 2.45. The Morgan fingerprint density at radius 2 is 1.79 bits per heavy atom. The highest BCUT2D eigenvalue weighted by Gasteiger charge is 2.36. The molecular formula is C32H29F3N2O6. The average molecular weight is 595 g/mol. The van der Waals surface area contributed by atoms with Crippen molar-refractivity contribution in [1.29, 1.82) is 0 Å². The van der Waals surface area contributed by atoms with E-state index in [2.05, 4.69) is 15.0 Å². The fourth-order valence-electron chi connectivity index (χ4n) is 4.73. The fourth-order valence-corrected chi connectivity index (χ4v) is 4.73. The van der Waals surface area contributed by atoms with Gasteiger partial charge in [0.15, 0.2) is 0 Å². The molecule has 224 valence electrons. The lowest BCUT2D eigenvalue weighted by Gasteiger charge is -2.14. The van der Waals surface area contributed by atoms with Gasteiger partial charge >= 0.3 is 12.3 Å². The van der Waals surface area contributed by atoms with Gasteiger partial charge in [-0.05, 0) is 98.3 Å². The first-order chi connectivity index (χ1) is 20.5. The highest BCUT2D eigenvalue weighted by molar-refractivity contribution is 5.98. The van der Waals surface area contributed by atoms with Gasteiger partial charge < -0.3 is 23.9 Å². The van der Waals surface area contributed by atoms with Crippen LogP contribution in [-0.2, 0) is 18.1 Å². The number of halogens is 3. The topological polar surface area (TPSA) is 103 Å². The van der Waals surface area contributed by atoms with Gasteiger partial charge in [0.1, 0.15) is 36.2 Å². The standard InChI is InChI=1S/C32H29F3N2O6/c1-18-12-21(15-24(13-18)31(38)39)16-41-36-20(3)23-10-11-27(19(2)14-23)40-17-26-29(37-43-30(26)22-8-9-22)25-6-4-5-7-28(25)42-32(33,34)35/h4-7,10-15,22H,8-9,16-17H2,1-3H3,(H,38,39)/b36-20+. The summed E-state index contributed by atoms with van der Waals surface area (Å²) in [7, 11) is 0. The summed E-state index contributed by atoms with van der Waals surface area (Å²) in [6.07, 6.45) is -3.05. The third-order valence-corrected chi connectivity index (χ3v) is 6.92. The van der Waals surface area contributed by atoms with E-state index in [1.807, 2.05) is 32.0 Å². The summed E-state index contributed by atoms with van der Waals surface area (Å²) in [5.74, 6) is -0.0447. The van der Waals surface area contributed by atoms with Gasteiger partial charge in [0.05, 0.1) is 16.8 Å². The van der Waals surface area contributed by atoms with Gasteiger partial charge in [0, 0.05) is 11.5 Å². The van der Waals surface area contributed by atoms with Gasteiger partial charge in [-0.15, -0.1) is 13.2 Å². The Balaban J connectivity index is 1.30. The van der Waals surface area contributed by atoms with Crippen molar-refractivity contribution in [2.45, 2.75) is 59.1 Å². The van der Waals surface area contributed by atoms with E-state index in [1.54, 1.807) is 31.2 Å². The molecule has 0 aliphatic heterocycles. The second kappa shape index (κ2) is 12.2. The van der Waals surface area contributed by atoms with Crippen LogP contribution >= 0.6 is 0 Å². The van der Waals surface area contributed by atoms with Crippen LogP contribution in [0, 0.1) is 13.8 Å². The predicted molar refractivity (Wildman–Crippen MR) is 151 cm³/mol. The zero-order valence-electron chi connectivity index (χ0n) is 23.7. The van der Waals surface area contributed by atoms with Crippen molar-refractivity contribution >= 4 is 11.7 Å². The van der Waals surface area contributed by atoms with E-state index in [1.165, 1.54) is 18.2 Å². The Kier molecular flexibility index (Phi) is 8.43. The Morgan fingerprint density at radius 3 is 2.49 bits per heavy atom. The van der Waals surface area contributed by atoms with E-state index in [0.717, 1.165) is 29.5 Å². The highest BCUT2D eigenvalue weighted by atomic mass is 19.4. The van der Waals surface area contributed by atoms with Crippen molar-refractivity contribution in [3.05, 3.63) is 99.8 Å². The molecule has 1 aliphatic carbocycles. The fraction of sp³-hybridized carbons (Fsp3) is 0.281. The summed E-state index contributed by atoms with van der Waals surface area (Å²) < 4.78 is 55.2. The largest absolute Gasteiger partial charge is 0.573 e. The van der Waals surface area contributed by atoms with Crippen LogP contribution in [0.25, 0.3) is 11.3 Å². The number of oxime groups is 1. The van der Waals surface area contributed by atoms with Crippen LogP contribution in [0.3, 0.4) is 0 Å². The summed E-state index contributed by atoms with van der Waals surface area (Å²) in [4.78, 5) is 16.8. The number of para-hydroxylation sites is 1. The molecule has 1 aliphatic rings. The lowest BCUT2D eigenvalue weighted by Crippen LogP contribution is -2.17. The molecule has 3 aromatic carbocycles. The number of alkyl halides is 3. The van der Waals surface area contributed by atoms with Crippen LogP contribution in [0.15, 0.2) is 70.3 Å². The molecule has 0 atom stereocenters. The number of rotatable bonds is 11. The summed E-state index contributed by atoms with van der Waals surface area (Å²) in [5, 5.41) is 17.6. The van der Waals surface area contributed by atoms with Gasteiger partial charge in [-0.25, -0.2) is 4.79 Å². The van der Waals surface area contributed by atoms with Gasteiger partial charge in [0.25, 0.3) is 0 Å². The van der Waals surface area contributed by atoms with Crippen molar-refractivity contribution in [1.82, 2.24) is 5.16 Å². The predicted octanol–water partition coefficient (Wildman–Crippen LogP) is 7.95. The molecule has 0 saturated heterocycles. The Morgan fingerprint density at radius 1 is 1.02 bits per heavy atom. The normalized spacial score (nSPS) is 13.6. The molecule has 1 heterocycles. The zero-order valence-corrected chi connectivity index (χ0v) is 23.7. The molecular weight excluding hydrogens is 565 g/mol. The van der Waals surface area contributed by atoms with Gasteiger partial charge in [-0.2, -0.15) is 0 Å². The van der Waals surface area contributed by atoms with Gasteiger partial charge in [-0.1, -0.05) is 28.5 Å². The molecule has 5 rings (SSSR count). The molecule has 1 saturated carbocycles. The smallest absolute Gasteiger partial charge is 0.488 e. The Bertz CT molecular complexity index is 1670. The summed E-state index contributed by atoms with van der Waals surface area (Å²) >= 11 is 0. The number of aromatic carboxylic acids is 1. The molecule has 0 amide bonds. The number of carboxylic acid groups (broad SMARTS) is 1.